The van der Waals surface area contributed by atoms with Crippen LogP contribution in [0.25, 0.3) is 0 Å². The second-order valence-corrected chi connectivity index (χ2v) is 9.49. The fourth-order valence-corrected chi connectivity index (χ4v) is 4.80. The van der Waals surface area contributed by atoms with Crippen LogP contribution in [0.5, 0.6) is 0 Å². The number of halogens is 2. The molecule has 2 aliphatic rings. The van der Waals surface area contributed by atoms with Gasteiger partial charge < -0.3 is 20.4 Å². The van der Waals surface area contributed by atoms with E-state index in [9.17, 15) is 14.0 Å². The zero-order chi connectivity index (χ0) is 22.0. The van der Waals surface area contributed by atoms with Crippen molar-refractivity contribution in [1.82, 2.24) is 10.3 Å². The predicted octanol–water partition coefficient (Wildman–Crippen LogP) is 3.52. The molecule has 166 valence electrons. The molecular formula is C21H24ClFN4O3S. The molecule has 2 saturated heterocycles. The molecule has 0 aliphatic carbocycles. The first-order chi connectivity index (χ1) is 14.9. The summed E-state index contributed by atoms with van der Waals surface area (Å²) in [6.45, 7) is 2.00. The summed E-state index contributed by atoms with van der Waals surface area (Å²) in [6.07, 6.45) is 2.40. The fourth-order valence-electron chi connectivity index (χ4n) is 3.86. The molecule has 1 unspecified atom stereocenters. The third-order valence-corrected chi connectivity index (χ3v) is 6.83. The highest BCUT2D eigenvalue weighted by molar-refractivity contribution is 7.18. The first-order valence-corrected chi connectivity index (χ1v) is 11.3. The van der Waals surface area contributed by atoms with Gasteiger partial charge >= 0.3 is 0 Å². The smallest absolute Gasteiger partial charge is 0.262 e. The Hall–Kier alpha value is -2.20. The number of amides is 2. The Labute approximate surface area is 189 Å². The molecule has 0 bridgehead atoms. The summed E-state index contributed by atoms with van der Waals surface area (Å²) in [4.78, 5) is 26.1. The quantitative estimate of drug-likeness (QED) is 0.705. The fraction of sp³-hybridized carbons (Fsp3) is 0.429. The topological polar surface area (TPSA) is 73.9 Å². The number of thiophene rings is 1. The van der Waals surface area contributed by atoms with Crippen LogP contribution in [0.1, 0.15) is 28.9 Å². The van der Waals surface area contributed by atoms with Crippen molar-refractivity contribution in [3.63, 3.8) is 0 Å². The van der Waals surface area contributed by atoms with Gasteiger partial charge in [-0.15, -0.1) is 11.3 Å². The van der Waals surface area contributed by atoms with E-state index in [1.807, 2.05) is 17.1 Å². The van der Waals surface area contributed by atoms with Crippen LogP contribution in [0.15, 0.2) is 30.3 Å². The number of hydrogen-bond donors (Lipinski definition) is 2. The number of hydrazine groups is 1. The Kier molecular flexibility index (Phi) is 6.47. The maximum Gasteiger partial charge on any atom is 0.262 e. The maximum atomic E-state index is 14.8. The van der Waals surface area contributed by atoms with Crippen LogP contribution in [-0.4, -0.2) is 55.7 Å². The van der Waals surface area contributed by atoms with Crippen LogP contribution in [0.4, 0.5) is 15.8 Å². The molecule has 2 aliphatic heterocycles. The van der Waals surface area contributed by atoms with E-state index in [-0.39, 0.29) is 6.61 Å². The summed E-state index contributed by atoms with van der Waals surface area (Å²) in [5, 5.41) is 9.44. The molecule has 2 N–H and O–H groups in total. The summed E-state index contributed by atoms with van der Waals surface area (Å²) >= 11 is 7.04. The molecule has 2 aromatic rings. The van der Waals surface area contributed by atoms with E-state index >= 15 is 0 Å². The van der Waals surface area contributed by atoms with Crippen molar-refractivity contribution in [3.05, 3.63) is 45.4 Å². The molecule has 4 rings (SSSR count). The van der Waals surface area contributed by atoms with Crippen molar-refractivity contribution >= 4 is 46.1 Å². The number of carbonyl (C=O) groups is 2. The highest BCUT2D eigenvalue weighted by atomic mass is 35.5. The van der Waals surface area contributed by atoms with Gasteiger partial charge in [-0.05, 0) is 43.2 Å². The van der Waals surface area contributed by atoms with Gasteiger partial charge in [-0.1, -0.05) is 11.6 Å². The molecule has 1 atom stereocenters. The molecule has 0 spiro atoms. The average molecular weight is 467 g/mol. The number of ether oxygens (including phenoxy) is 1. The van der Waals surface area contributed by atoms with E-state index in [4.69, 9.17) is 16.3 Å². The minimum Gasteiger partial charge on any atom is -0.378 e. The lowest BCUT2D eigenvalue weighted by Gasteiger charge is -2.38. The number of anilines is 2. The van der Waals surface area contributed by atoms with Crippen molar-refractivity contribution in [1.29, 1.82) is 0 Å². The summed E-state index contributed by atoms with van der Waals surface area (Å²) in [5.41, 5.74) is -0.428. The number of nitrogens with zero attached hydrogens (tertiary/aromatic N) is 2. The number of nitrogens with one attached hydrogen (secondary N) is 2. The van der Waals surface area contributed by atoms with E-state index in [0.29, 0.717) is 33.6 Å². The molecule has 10 heteroatoms. The lowest BCUT2D eigenvalue weighted by molar-refractivity contribution is -0.122. The summed E-state index contributed by atoms with van der Waals surface area (Å²) in [6, 6.07) is 7.87. The van der Waals surface area contributed by atoms with Crippen LogP contribution in [0.2, 0.25) is 4.34 Å². The minimum atomic E-state index is -1.23. The predicted molar refractivity (Wildman–Crippen MR) is 119 cm³/mol. The van der Waals surface area contributed by atoms with E-state index in [1.54, 1.807) is 24.3 Å². The van der Waals surface area contributed by atoms with Crippen LogP contribution in [-0.2, 0) is 9.53 Å². The highest BCUT2D eigenvalue weighted by Gasteiger charge is 2.44. The largest absolute Gasteiger partial charge is 0.378 e. The third kappa shape index (κ3) is 4.69. The van der Waals surface area contributed by atoms with Gasteiger partial charge in [0.15, 0.2) is 0 Å². The number of benzene rings is 1. The molecule has 0 saturated carbocycles. The highest BCUT2D eigenvalue weighted by Crippen LogP contribution is 2.28. The second kappa shape index (κ2) is 9.12. The molecule has 3 heterocycles. The Bertz CT molecular complexity index is 979. The van der Waals surface area contributed by atoms with Gasteiger partial charge in [0.05, 0.1) is 21.5 Å². The van der Waals surface area contributed by atoms with Gasteiger partial charge in [0, 0.05) is 38.9 Å². The van der Waals surface area contributed by atoms with E-state index in [0.717, 1.165) is 37.3 Å². The van der Waals surface area contributed by atoms with Crippen LogP contribution < -0.4 is 15.6 Å². The monoisotopic (exact) mass is 466 g/mol. The third-order valence-electron chi connectivity index (χ3n) is 5.60. The van der Waals surface area contributed by atoms with Gasteiger partial charge in [0.1, 0.15) is 11.4 Å². The van der Waals surface area contributed by atoms with Crippen molar-refractivity contribution in [2.75, 3.05) is 43.7 Å². The first kappa shape index (κ1) is 22.0. The lowest BCUT2D eigenvalue weighted by Crippen LogP contribution is -2.57. The normalized spacial score (nSPS) is 21.8. The molecule has 0 radical (unpaired) electrons. The lowest BCUT2D eigenvalue weighted by atomic mass is 9.97. The zero-order valence-electron chi connectivity index (χ0n) is 17.1. The van der Waals surface area contributed by atoms with Crippen molar-refractivity contribution in [3.8, 4) is 0 Å². The molecule has 31 heavy (non-hydrogen) atoms. The van der Waals surface area contributed by atoms with Crippen molar-refractivity contribution in [2.45, 2.75) is 24.8 Å². The first-order valence-electron chi connectivity index (χ1n) is 10.1. The Morgan fingerprint density at radius 2 is 2.03 bits per heavy atom. The molecule has 1 aromatic carbocycles. The van der Waals surface area contributed by atoms with Gasteiger partial charge in [-0.2, -0.15) is 0 Å². The van der Waals surface area contributed by atoms with Gasteiger partial charge in [0.2, 0.25) is 0 Å². The molecule has 1 aromatic heterocycles. The molecule has 7 nitrogen and oxygen atoms in total. The van der Waals surface area contributed by atoms with Gasteiger partial charge in [-0.25, -0.2) is 9.40 Å². The Morgan fingerprint density at radius 1 is 1.23 bits per heavy atom. The van der Waals surface area contributed by atoms with Crippen molar-refractivity contribution < 1.29 is 18.7 Å². The Morgan fingerprint density at radius 3 is 2.68 bits per heavy atom. The van der Waals surface area contributed by atoms with E-state index in [2.05, 4.69) is 10.6 Å². The SMILES string of the molecule is CN1CCCCN1c1ccc(NC(=O)C2(NC(=O)c3ccc(Cl)s3)CCOC2)cc1F. The summed E-state index contributed by atoms with van der Waals surface area (Å²) in [5.74, 6) is -1.25. The van der Waals surface area contributed by atoms with Crippen LogP contribution in [0, 0.1) is 5.82 Å². The van der Waals surface area contributed by atoms with Gasteiger partial charge in [-0.3, -0.25) is 9.59 Å². The van der Waals surface area contributed by atoms with E-state index in [1.165, 1.54) is 6.07 Å². The average Bonchev–Trinajstić information content (AvgIpc) is 3.39. The second-order valence-electron chi connectivity index (χ2n) is 7.77. The number of rotatable bonds is 5. The Balaban J connectivity index is 1.49. The minimum absolute atomic E-state index is 0.0445. The van der Waals surface area contributed by atoms with Crippen LogP contribution in [0.3, 0.4) is 0 Å². The molecule has 2 amide bonds. The van der Waals surface area contributed by atoms with Crippen molar-refractivity contribution in [2.24, 2.45) is 0 Å². The zero-order valence-corrected chi connectivity index (χ0v) is 18.7. The summed E-state index contributed by atoms with van der Waals surface area (Å²) in [7, 11) is 1.93. The molecular weight excluding hydrogens is 443 g/mol. The standard InChI is InChI=1S/C21H24ClFN4O3S/c1-26-9-2-3-10-27(26)16-5-4-14(12-15(16)23)24-20(29)21(8-11-30-13-21)25-19(28)17-6-7-18(22)31-17/h4-7,12H,2-3,8-11,13H2,1H3,(H,24,29)(H,25,28). The maximum absolute atomic E-state index is 14.8. The molecule has 2 fully saturated rings. The van der Waals surface area contributed by atoms with E-state index < -0.39 is 23.2 Å². The van der Waals surface area contributed by atoms with Crippen LogP contribution >= 0.6 is 22.9 Å². The van der Waals surface area contributed by atoms with Gasteiger partial charge in [0.25, 0.3) is 11.8 Å². The number of hydrogen-bond acceptors (Lipinski definition) is 6. The summed E-state index contributed by atoms with van der Waals surface area (Å²) < 4.78 is 20.7. The number of carbonyl (C=O) groups excluding carboxylic acids is 2.